The Labute approximate surface area is 142 Å². The van der Waals surface area contributed by atoms with Crippen LogP contribution in [0.3, 0.4) is 0 Å². The Morgan fingerprint density at radius 3 is 2.46 bits per heavy atom. The summed E-state index contributed by atoms with van der Waals surface area (Å²) in [5, 5.41) is 6.05. The van der Waals surface area contributed by atoms with E-state index in [1.54, 1.807) is 6.20 Å². The molecule has 2 N–H and O–H groups in total. The van der Waals surface area contributed by atoms with Crippen LogP contribution in [0.5, 0.6) is 0 Å². The summed E-state index contributed by atoms with van der Waals surface area (Å²) in [6, 6.07) is 9.54. The average Bonchev–Trinajstić information content (AvgIpc) is 2.47. The second kappa shape index (κ2) is 7.88. The molecule has 0 bridgehead atoms. The van der Waals surface area contributed by atoms with Gasteiger partial charge in [0.15, 0.2) is 0 Å². The minimum Gasteiger partial charge on any atom is -0.444 e. The van der Waals surface area contributed by atoms with Crippen molar-refractivity contribution in [2.75, 3.05) is 5.32 Å². The number of nitrogens with zero attached hydrogens (tertiary/aromatic N) is 2. The molecule has 0 aliphatic heterocycles. The predicted molar refractivity (Wildman–Crippen MR) is 93.6 cm³/mol. The number of hydrogen-bond acceptors (Lipinski definition) is 5. The zero-order chi connectivity index (χ0) is 17.6. The van der Waals surface area contributed by atoms with Gasteiger partial charge >= 0.3 is 6.09 Å². The number of amides is 1. The maximum Gasteiger partial charge on any atom is 0.412 e. The largest absolute Gasteiger partial charge is 0.444 e. The summed E-state index contributed by atoms with van der Waals surface area (Å²) in [5.41, 5.74) is 2.29. The Balaban J connectivity index is 1.80. The Bertz CT molecular complexity index is 678. The van der Waals surface area contributed by atoms with Gasteiger partial charge in [0.2, 0.25) is 0 Å². The standard InChI is InChI=1S/C18H24N4O2/c1-13-20-10-9-16(21-13)12-19-11-14-5-7-15(8-6-14)22-17(23)24-18(2,3)4/h5-10,19H,11-12H2,1-4H3,(H,22,23). The smallest absolute Gasteiger partial charge is 0.412 e. The lowest BCUT2D eigenvalue weighted by Gasteiger charge is -2.19. The Morgan fingerprint density at radius 1 is 1.12 bits per heavy atom. The van der Waals surface area contributed by atoms with Crippen molar-refractivity contribution in [1.82, 2.24) is 15.3 Å². The summed E-state index contributed by atoms with van der Waals surface area (Å²) in [6.45, 7) is 8.78. The fourth-order valence-corrected chi connectivity index (χ4v) is 2.07. The molecule has 0 atom stereocenters. The highest BCUT2D eigenvalue weighted by molar-refractivity contribution is 5.84. The third-order valence-electron chi connectivity index (χ3n) is 3.07. The molecule has 2 rings (SSSR count). The van der Waals surface area contributed by atoms with Gasteiger partial charge in [0.05, 0.1) is 5.69 Å². The third kappa shape index (κ3) is 6.34. The van der Waals surface area contributed by atoms with Crippen molar-refractivity contribution >= 4 is 11.8 Å². The van der Waals surface area contributed by atoms with Crippen molar-refractivity contribution in [1.29, 1.82) is 0 Å². The van der Waals surface area contributed by atoms with Gasteiger partial charge in [0, 0.05) is 25.0 Å². The van der Waals surface area contributed by atoms with Gasteiger partial charge in [-0.1, -0.05) is 12.1 Å². The molecule has 128 valence electrons. The molecule has 0 saturated heterocycles. The summed E-state index contributed by atoms with van der Waals surface area (Å²) < 4.78 is 5.22. The normalized spacial score (nSPS) is 11.2. The fraction of sp³-hybridized carbons (Fsp3) is 0.389. The first kappa shape index (κ1) is 17.9. The zero-order valence-corrected chi connectivity index (χ0v) is 14.6. The van der Waals surface area contributed by atoms with Crippen LogP contribution in [0.4, 0.5) is 10.5 Å². The van der Waals surface area contributed by atoms with Crippen LogP contribution in [0, 0.1) is 6.92 Å². The third-order valence-corrected chi connectivity index (χ3v) is 3.07. The maximum absolute atomic E-state index is 11.7. The molecule has 1 heterocycles. The van der Waals surface area contributed by atoms with Gasteiger partial charge in [-0.2, -0.15) is 0 Å². The van der Waals surface area contributed by atoms with Gasteiger partial charge in [-0.15, -0.1) is 0 Å². The molecule has 1 aromatic heterocycles. The van der Waals surface area contributed by atoms with E-state index in [0.717, 1.165) is 23.6 Å². The molecular weight excluding hydrogens is 304 g/mol. The topological polar surface area (TPSA) is 76.1 Å². The molecule has 0 saturated carbocycles. The molecule has 0 radical (unpaired) electrons. The SMILES string of the molecule is Cc1nccc(CNCc2ccc(NC(=O)OC(C)(C)C)cc2)n1. The molecule has 0 unspecified atom stereocenters. The molecule has 0 fully saturated rings. The number of aromatic nitrogens is 2. The van der Waals surface area contributed by atoms with Gasteiger partial charge in [0.25, 0.3) is 0 Å². The van der Waals surface area contributed by atoms with Crippen molar-refractivity contribution in [2.24, 2.45) is 0 Å². The lowest BCUT2D eigenvalue weighted by atomic mass is 10.2. The van der Waals surface area contributed by atoms with E-state index in [2.05, 4.69) is 20.6 Å². The summed E-state index contributed by atoms with van der Waals surface area (Å²) in [7, 11) is 0. The van der Waals surface area contributed by atoms with Crippen LogP contribution in [-0.2, 0) is 17.8 Å². The van der Waals surface area contributed by atoms with E-state index in [1.165, 1.54) is 0 Å². The van der Waals surface area contributed by atoms with Crippen LogP contribution in [0.2, 0.25) is 0 Å². The van der Waals surface area contributed by atoms with Gasteiger partial charge in [-0.05, 0) is 51.5 Å². The summed E-state index contributed by atoms with van der Waals surface area (Å²) in [6.07, 6.45) is 1.31. The van der Waals surface area contributed by atoms with E-state index in [0.29, 0.717) is 12.2 Å². The lowest BCUT2D eigenvalue weighted by Crippen LogP contribution is -2.27. The monoisotopic (exact) mass is 328 g/mol. The number of ether oxygens (including phenoxy) is 1. The molecule has 2 aromatic rings. The van der Waals surface area contributed by atoms with Gasteiger partial charge in [-0.25, -0.2) is 14.8 Å². The minimum atomic E-state index is -0.507. The summed E-state index contributed by atoms with van der Waals surface area (Å²) in [5.74, 6) is 0.770. The first-order valence-corrected chi connectivity index (χ1v) is 7.90. The maximum atomic E-state index is 11.7. The Hall–Kier alpha value is -2.47. The van der Waals surface area contributed by atoms with E-state index < -0.39 is 11.7 Å². The second-order valence-electron chi connectivity index (χ2n) is 6.52. The first-order valence-electron chi connectivity index (χ1n) is 7.90. The number of anilines is 1. The molecule has 24 heavy (non-hydrogen) atoms. The Morgan fingerprint density at radius 2 is 1.83 bits per heavy atom. The fourth-order valence-electron chi connectivity index (χ4n) is 2.07. The van der Waals surface area contributed by atoms with Gasteiger partial charge in [-0.3, -0.25) is 5.32 Å². The molecular formula is C18H24N4O2. The molecule has 6 heteroatoms. The van der Waals surface area contributed by atoms with Gasteiger partial charge in [0.1, 0.15) is 11.4 Å². The van der Waals surface area contributed by atoms with Crippen LogP contribution in [0.15, 0.2) is 36.5 Å². The number of benzene rings is 1. The van der Waals surface area contributed by atoms with Crippen LogP contribution in [0.1, 0.15) is 37.9 Å². The Kier molecular flexibility index (Phi) is 5.87. The molecule has 0 spiro atoms. The molecule has 1 amide bonds. The lowest BCUT2D eigenvalue weighted by molar-refractivity contribution is 0.0636. The van der Waals surface area contributed by atoms with Crippen molar-refractivity contribution in [3.63, 3.8) is 0 Å². The van der Waals surface area contributed by atoms with Crippen molar-refractivity contribution < 1.29 is 9.53 Å². The summed E-state index contributed by atoms with van der Waals surface area (Å²) in [4.78, 5) is 20.1. The number of aryl methyl sites for hydroxylation is 1. The number of carbonyl (C=O) groups excluding carboxylic acids is 1. The van der Waals surface area contributed by atoms with Crippen LogP contribution in [-0.4, -0.2) is 21.7 Å². The van der Waals surface area contributed by atoms with E-state index in [-0.39, 0.29) is 0 Å². The number of rotatable bonds is 5. The number of hydrogen-bond donors (Lipinski definition) is 2. The predicted octanol–water partition coefficient (Wildman–Crippen LogP) is 3.42. The summed E-state index contributed by atoms with van der Waals surface area (Å²) >= 11 is 0. The molecule has 1 aromatic carbocycles. The van der Waals surface area contributed by atoms with Crippen molar-refractivity contribution in [3.8, 4) is 0 Å². The van der Waals surface area contributed by atoms with Crippen LogP contribution < -0.4 is 10.6 Å². The van der Waals surface area contributed by atoms with Crippen molar-refractivity contribution in [2.45, 2.75) is 46.4 Å². The van der Waals surface area contributed by atoms with E-state index in [1.807, 2.05) is 58.0 Å². The number of carbonyl (C=O) groups is 1. The highest BCUT2D eigenvalue weighted by atomic mass is 16.6. The highest BCUT2D eigenvalue weighted by Gasteiger charge is 2.15. The molecule has 0 aliphatic carbocycles. The average molecular weight is 328 g/mol. The van der Waals surface area contributed by atoms with E-state index >= 15 is 0 Å². The van der Waals surface area contributed by atoms with E-state index in [4.69, 9.17) is 4.74 Å². The van der Waals surface area contributed by atoms with Crippen LogP contribution >= 0.6 is 0 Å². The van der Waals surface area contributed by atoms with Gasteiger partial charge < -0.3 is 10.1 Å². The molecule has 0 aliphatic rings. The second-order valence-corrected chi connectivity index (χ2v) is 6.52. The minimum absolute atomic E-state index is 0.451. The van der Waals surface area contributed by atoms with Crippen LogP contribution in [0.25, 0.3) is 0 Å². The molecule has 6 nitrogen and oxygen atoms in total. The van der Waals surface area contributed by atoms with Crippen molar-refractivity contribution in [3.05, 3.63) is 53.6 Å². The quantitative estimate of drug-likeness (QED) is 0.879. The number of nitrogens with one attached hydrogen (secondary N) is 2. The first-order chi connectivity index (χ1) is 11.3. The van der Waals surface area contributed by atoms with E-state index in [9.17, 15) is 4.79 Å². The highest BCUT2D eigenvalue weighted by Crippen LogP contribution is 2.13. The zero-order valence-electron chi connectivity index (χ0n) is 14.6.